The van der Waals surface area contributed by atoms with Crippen LogP contribution in [0.25, 0.3) is 0 Å². The number of benzene rings is 1. The summed E-state index contributed by atoms with van der Waals surface area (Å²) in [5.41, 5.74) is 0.933. The van der Waals surface area contributed by atoms with E-state index in [2.05, 4.69) is 4.74 Å². The van der Waals surface area contributed by atoms with Crippen LogP contribution in [-0.4, -0.2) is 67.3 Å². The number of carbonyl (C=O) groups is 3. The van der Waals surface area contributed by atoms with Crippen molar-refractivity contribution in [2.45, 2.75) is 0 Å². The third-order valence-corrected chi connectivity index (χ3v) is 4.38. The summed E-state index contributed by atoms with van der Waals surface area (Å²) in [5.74, 6) is -0.223. The number of carbonyl (C=O) groups excluding carboxylic acids is 3. The summed E-state index contributed by atoms with van der Waals surface area (Å²) in [5, 5.41) is 0. The smallest absolute Gasteiger partial charge is 0.337 e. The summed E-state index contributed by atoms with van der Waals surface area (Å²) in [7, 11) is 1.32. The van der Waals surface area contributed by atoms with E-state index in [9.17, 15) is 14.4 Å². The molecule has 1 amide bonds. The average Bonchev–Trinajstić information content (AvgIpc) is 3.22. The first-order valence-electron chi connectivity index (χ1n) is 8.35. The molecular formula is C19H20N2O5. The van der Waals surface area contributed by atoms with Gasteiger partial charge in [-0.1, -0.05) is 0 Å². The fraction of sp³-hybridized carbons (Fsp3) is 0.316. The van der Waals surface area contributed by atoms with Crippen molar-refractivity contribution in [1.82, 2.24) is 9.80 Å². The Morgan fingerprint density at radius 1 is 1.00 bits per heavy atom. The van der Waals surface area contributed by atoms with E-state index in [0.717, 1.165) is 0 Å². The number of methoxy groups -OCH3 is 1. The largest absolute Gasteiger partial charge is 0.465 e. The Bertz CT molecular complexity index is 775. The minimum Gasteiger partial charge on any atom is -0.465 e. The zero-order chi connectivity index (χ0) is 18.5. The Labute approximate surface area is 151 Å². The number of hydrogen-bond acceptors (Lipinski definition) is 6. The number of piperazine rings is 1. The predicted octanol–water partition coefficient (Wildman–Crippen LogP) is 1.71. The number of furan rings is 1. The van der Waals surface area contributed by atoms with Crippen molar-refractivity contribution in [2.24, 2.45) is 0 Å². The van der Waals surface area contributed by atoms with Gasteiger partial charge in [-0.2, -0.15) is 0 Å². The molecule has 0 saturated carbocycles. The third-order valence-electron chi connectivity index (χ3n) is 4.38. The van der Waals surface area contributed by atoms with Gasteiger partial charge in [-0.3, -0.25) is 14.5 Å². The molecule has 3 rings (SSSR count). The summed E-state index contributed by atoms with van der Waals surface area (Å²) >= 11 is 0. The lowest BCUT2D eigenvalue weighted by molar-refractivity contribution is 0.0593. The lowest BCUT2D eigenvalue weighted by atomic mass is 10.1. The summed E-state index contributed by atoms with van der Waals surface area (Å²) in [4.78, 5) is 39.9. The first-order chi connectivity index (χ1) is 12.6. The second-order valence-corrected chi connectivity index (χ2v) is 6.04. The van der Waals surface area contributed by atoms with Crippen LogP contribution >= 0.6 is 0 Å². The number of Topliss-reactive ketones (excluding diaryl/α,β-unsaturated/α-hetero) is 1. The first-order valence-corrected chi connectivity index (χ1v) is 8.35. The molecule has 0 bridgehead atoms. The van der Waals surface area contributed by atoms with Crippen LogP contribution < -0.4 is 0 Å². The fourth-order valence-corrected chi connectivity index (χ4v) is 2.88. The monoisotopic (exact) mass is 356 g/mol. The van der Waals surface area contributed by atoms with Crippen LogP contribution in [0.5, 0.6) is 0 Å². The van der Waals surface area contributed by atoms with Crippen LogP contribution in [-0.2, 0) is 4.74 Å². The third kappa shape index (κ3) is 4.00. The molecule has 0 atom stereocenters. The molecule has 0 unspecified atom stereocenters. The minimum absolute atomic E-state index is 0.0619. The van der Waals surface area contributed by atoms with E-state index < -0.39 is 5.97 Å². The van der Waals surface area contributed by atoms with Crippen molar-refractivity contribution < 1.29 is 23.5 Å². The van der Waals surface area contributed by atoms with Crippen LogP contribution in [0.15, 0.2) is 47.1 Å². The number of esters is 1. The maximum Gasteiger partial charge on any atom is 0.337 e. The van der Waals surface area contributed by atoms with Crippen molar-refractivity contribution >= 4 is 17.7 Å². The molecule has 7 nitrogen and oxygen atoms in total. The molecular weight excluding hydrogens is 336 g/mol. The number of rotatable bonds is 5. The molecule has 1 aromatic carbocycles. The molecule has 1 aliphatic heterocycles. The molecule has 1 fully saturated rings. The molecule has 2 aromatic rings. The van der Waals surface area contributed by atoms with Gasteiger partial charge in [0.05, 0.1) is 25.5 Å². The molecule has 1 aliphatic rings. The molecule has 0 aliphatic carbocycles. The number of ether oxygens (including phenoxy) is 1. The van der Waals surface area contributed by atoms with E-state index in [-0.39, 0.29) is 18.2 Å². The fourth-order valence-electron chi connectivity index (χ4n) is 2.88. The summed E-state index contributed by atoms with van der Waals surface area (Å²) in [6.07, 6.45) is 1.48. The number of ketones is 1. The van der Waals surface area contributed by atoms with Gasteiger partial charge in [0.25, 0.3) is 5.91 Å². The van der Waals surface area contributed by atoms with E-state index in [4.69, 9.17) is 4.42 Å². The van der Waals surface area contributed by atoms with Gasteiger partial charge >= 0.3 is 5.97 Å². The van der Waals surface area contributed by atoms with Crippen molar-refractivity contribution in [3.63, 3.8) is 0 Å². The van der Waals surface area contributed by atoms with E-state index in [1.54, 1.807) is 41.3 Å². The summed E-state index contributed by atoms with van der Waals surface area (Å²) in [6, 6.07) is 9.76. The van der Waals surface area contributed by atoms with Gasteiger partial charge in [-0.05, 0) is 36.4 Å². The SMILES string of the molecule is COC(=O)c1ccc(C(=O)N2CCN(CC(=O)c3ccco3)CC2)cc1. The van der Waals surface area contributed by atoms with Crippen LogP contribution in [0.1, 0.15) is 31.3 Å². The van der Waals surface area contributed by atoms with Gasteiger partial charge in [0.15, 0.2) is 5.76 Å². The maximum absolute atomic E-state index is 12.6. The number of nitrogens with zero attached hydrogens (tertiary/aromatic N) is 2. The maximum atomic E-state index is 12.6. The molecule has 136 valence electrons. The number of amides is 1. The topological polar surface area (TPSA) is 80.1 Å². The molecule has 1 saturated heterocycles. The van der Waals surface area contributed by atoms with Gasteiger partial charge in [0, 0.05) is 31.7 Å². The minimum atomic E-state index is -0.432. The highest BCUT2D eigenvalue weighted by molar-refractivity contribution is 5.96. The average molecular weight is 356 g/mol. The van der Waals surface area contributed by atoms with Crippen molar-refractivity contribution in [3.8, 4) is 0 Å². The Balaban J connectivity index is 1.53. The standard InChI is InChI=1S/C19H20N2O5/c1-25-19(24)15-6-4-14(5-7-15)18(23)21-10-8-20(9-11-21)13-16(22)17-3-2-12-26-17/h2-7,12H,8-11,13H2,1H3. The van der Waals surface area contributed by atoms with Gasteiger partial charge in [-0.15, -0.1) is 0 Å². The van der Waals surface area contributed by atoms with Gasteiger partial charge in [-0.25, -0.2) is 4.79 Å². The Kier molecular flexibility index (Phi) is 5.48. The summed E-state index contributed by atoms with van der Waals surface area (Å²) in [6.45, 7) is 2.62. The quantitative estimate of drug-likeness (QED) is 0.599. The molecule has 26 heavy (non-hydrogen) atoms. The molecule has 1 aromatic heterocycles. The molecule has 0 spiro atoms. The van der Waals surface area contributed by atoms with Crippen LogP contribution in [0.2, 0.25) is 0 Å². The first kappa shape index (κ1) is 17.9. The van der Waals surface area contributed by atoms with Gasteiger partial charge in [0.1, 0.15) is 0 Å². The van der Waals surface area contributed by atoms with E-state index in [1.807, 2.05) is 4.90 Å². The zero-order valence-electron chi connectivity index (χ0n) is 14.5. The second kappa shape index (κ2) is 7.97. The Hall–Kier alpha value is -2.93. The Morgan fingerprint density at radius 2 is 1.65 bits per heavy atom. The lowest BCUT2D eigenvalue weighted by Crippen LogP contribution is -2.49. The van der Waals surface area contributed by atoms with Crippen LogP contribution in [0, 0.1) is 0 Å². The Morgan fingerprint density at radius 3 is 2.23 bits per heavy atom. The van der Waals surface area contributed by atoms with Crippen molar-refractivity contribution in [3.05, 3.63) is 59.5 Å². The van der Waals surface area contributed by atoms with Crippen molar-refractivity contribution in [2.75, 3.05) is 39.8 Å². The second-order valence-electron chi connectivity index (χ2n) is 6.04. The number of hydrogen-bond donors (Lipinski definition) is 0. The van der Waals surface area contributed by atoms with E-state index in [0.29, 0.717) is 43.1 Å². The highest BCUT2D eigenvalue weighted by atomic mass is 16.5. The highest BCUT2D eigenvalue weighted by Gasteiger charge is 2.24. The predicted molar refractivity (Wildman–Crippen MR) is 93.2 cm³/mol. The lowest BCUT2D eigenvalue weighted by Gasteiger charge is -2.34. The van der Waals surface area contributed by atoms with Crippen LogP contribution in [0.3, 0.4) is 0 Å². The van der Waals surface area contributed by atoms with E-state index in [1.165, 1.54) is 13.4 Å². The molecule has 0 N–H and O–H groups in total. The molecule has 0 radical (unpaired) electrons. The van der Waals surface area contributed by atoms with Crippen molar-refractivity contribution in [1.29, 1.82) is 0 Å². The van der Waals surface area contributed by atoms with Crippen LogP contribution in [0.4, 0.5) is 0 Å². The van der Waals surface area contributed by atoms with Gasteiger partial charge < -0.3 is 14.1 Å². The molecule has 7 heteroatoms. The summed E-state index contributed by atoms with van der Waals surface area (Å²) < 4.78 is 9.76. The van der Waals surface area contributed by atoms with E-state index >= 15 is 0 Å². The highest BCUT2D eigenvalue weighted by Crippen LogP contribution is 2.12. The normalized spacial score (nSPS) is 14.9. The van der Waals surface area contributed by atoms with Gasteiger partial charge in [0.2, 0.25) is 5.78 Å². The molecule has 2 heterocycles. The zero-order valence-corrected chi connectivity index (χ0v) is 14.5.